The first-order valence-corrected chi connectivity index (χ1v) is 7.78. The third kappa shape index (κ3) is 7.06. The Kier molecular flexibility index (Phi) is 9.64. The summed E-state index contributed by atoms with van der Waals surface area (Å²) in [5.41, 5.74) is 1.56. The van der Waals surface area contributed by atoms with Crippen molar-refractivity contribution < 1.29 is 30.5 Å². The first kappa shape index (κ1) is 20.8. The minimum atomic E-state index is -0.582. The molecule has 0 saturated heterocycles. The maximum atomic E-state index is 14.0. The van der Waals surface area contributed by atoms with Crippen LogP contribution in [-0.2, 0) is 34.6 Å². The molecule has 118 valence electrons. The molecule has 0 heterocycles. The number of halogens is 2. The number of rotatable bonds is 8. The van der Waals surface area contributed by atoms with Gasteiger partial charge in [-0.2, -0.15) is 0 Å². The molecule has 0 N–H and O–H groups in total. The summed E-state index contributed by atoms with van der Waals surface area (Å²) in [5, 5.41) is 0. The molecule has 0 aromatic heterocycles. The summed E-state index contributed by atoms with van der Waals surface area (Å²) in [7, 11) is 0. The molecule has 0 unspecified atom stereocenters. The van der Waals surface area contributed by atoms with Crippen molar-refractivity contribution in [1.82, 2.24) is 0 Å². The average Bonchev–Trinajstić information content (AvgIpc) is 2.36. The standard InChI is InChI=1S/C18H27F2.Ti/c1-5-7-8-9-10-16-14(13-18(3,4)6-2)11-15(19)12-17(16)20;/h11H,5-10,13H2,1-4H3;/q-1;. The summed E-state index contributed by atoms with van der Waals surface area (Å²) >= 11 is 0. The molecule has 21 heavy (non-hydrogen) atoms. The molecule has 0 radical (unpaired) electrons. The van der Waals surface area contributed by atoms with Crippen molar-refractivity contribution in [2.45, 2.75) is 72.6 Å². The normalized spacial score (nSPS) is 11.3. The van der Waals surface area contributed by atoms with Crippen LogP contribution in [0.25, 0.3) is 0 Å². The van der Waals surface area contributed by atoms with E-state index < -0.39 is 11.6 Å². The summed E-state index contributed by atoms with van der Waals surface area (Å²) in [6, 6.07) is 3.66. The fraction of sp³-hybridized carbons (Fsp3) is 0.667. The summed E-state index contributed by atoms with van der Waals surface area (Å²) < 4.78 is 27.4. The maximum absolute atomic E-state index is 14.0. The molecule has 0 fully saturated rings. The van der Waals surface area contributed by atoms with Crippen LogP contribution in [0.4, 0.5) is 8.78 Å². The van der Waals surface area contributed by atoms with Gasteiger partial charge in [0.25, 0.3) is 0 Å². The van der Waals surface area contributed by atoms with Crippen LogP contribution in [0.15, 0.2) is 6.07 Å². The Morgan fingerprint density at radius 2 is 1.76 bits per heavy atom. The van der Waals surface area contributed by atoms with Gasteiger partial charge in [0.05, 0.1) is 0 Å². The molecule has 0 spiro atoms. The van der Waals surface area contributed by atoms with Gasteiger partial charge < -0.3 is 0 Å². The van der Waals surface area contributed by atoms with E-state index in [2.05, 4.69) is 33.8 Å². The van der Waals surface area contributed by atoms with E-state index >= 15 is 0 Å². The van der Waals surface area contributed by atoms with Crippen LogP contribution in [0.2, 0.25) is 0 Å². The first-order valence-electron chi connectivity index (χ1n) is 7.78. The van der Waals surface area contributed by atoms with E-state index in [-0.39, 0.29) is 27.1 Å². The third-order valence-corrected chi connectivity index (χ3v) is 4.09. The topological polar surface area (TPSA) is 0 Å². The Bertz CT molecular complexity index is 427. The van der Waals surface area contributed by atoms with Crippen LogP contribution in [0, 0.1) is 23.1 Å². The Morgan fingerprint density at radius 3 is 2.33 bits per heavy atom. The third-order valence-electron chi connectivity index (χ3n) is 4.09. The van der Waals surface area contributed by atoms with E-state index in [1.165, 1.54) is 12.5 Å². The van der Waals surface area contributed by atoms with Crippen molar-refractivity contribution >= 4 is 0 Å². The minimum absolute atomic E-state index is 0. The zero-order valence-electron chi connectivity index (χ0n) is 13.8. The van der Waals surface area contributed by atoms with Crippen LogP contribution >= 0.6 is 0 Å². The van der Waals surface area contributed by atoms with Gasteiger partial charge in [-0.3, -0.25) is 0 Å². The fourth-order valence-electron chi connectivity index (χ4n) is 2.39. The van der Waals surface area contributed by atoms with Crippen LogP contribution in [0.1, 0.15) is 70.9 Å². The summed E-state index contributed by atoms with van der Waals surface area (Å²) in [6.07, 6.45) is 6.79. The quantitative estimate of drug-likeness (QED) is 0.318. The molecule has 1 rings (SSSR count). The molecule has 0 aliphatic carbocycles. The molecule has 0 atom stereocenters. The smallest absolute Gasteiger partial charge is 0.0170 e. The van der Waals surface area contributed by atoms with Crippen LogP contribution < -0.4 is 0 Å². The van der Waals surface area contributed by atoms with E-state index in [1.54, 1.807) is 0 Å². The average molecular weight is 329 g/mol. The van der Waals surface area contributed by atoms with Crippen LogP contribution in [0.3, 0.4) is 0 Å². The molecule has 3 heteroatoms. The zero-order valence-corrected chi connectivity index (χ0v) is 15.3. The maximum Gasteiger partial charge on any atom is 0.0170 e. The Balaban J connectivity index is 0.00000400. The van der Waals surface area contributed by atoms with E-state index in [0.717, 1.165) is 37.7 Å². The summed E-state index contributed by atoms with van der Waals surface area (Å²) in [5.74, 6) is -1.08. The van der Waals surface area contributed by atoms with Crippen molar-refractivity contribution in [3.05, 3.63) is 34.9 Å². The second kappa shape index (κ2) is 9.74. The largest absolute Gasteiger partial charge is 0.236 e. The van der Waals surface area contributed by atoms with Crippen LogP contribution in [-0.4, -0.2) is 0 Å². The second-order valence-electron chi connectivity index (χ2n) is 6.44. The molecule has 0 bridgehead atoms. The summed E-state index contributed by atoms with van der Waals surface area (Å²) in [6.45, 7) is 8.55. The number of benzene rings is 1. The van der Waals surface area contributed by atoms with Crippen molar-refractivity contribution in [2.24, 2.45) is 5.41 Å². The molecule has 0 saturated carbocycles. The Morgan fingerprint density at radius 1 is 1.10 bits per heavy atom. The second-order valence-corrected chi connectivity index (χ2v) is 6.44. The Hall–Kier alpha value is -0.206. The molecule has 0 aliphatic heterocycles. The van der Waals surface area contributed by atoms with Crippen molar-refractivity contribution in [1.29, 1.82) is 0 Å². The van der Waals surface area contributed by atoms with E-state index in [1.807, 2.05) is 0 Å². The SMILES string of the molecule is CCCCCCc1c(F)[c-]c(F)cc1CC(C)(C)CC.[Ti]. The first-order chi connectivity index (χ1) is 9.39. The van der Waals surface area contributed by atoms with Gasteiger partial charge in [-0.15, -0.1) is 23.3 Å². The van der Waals surface area contributed by atoms with Crippen molar-refractivity contribution in [3.8, 4) is 0 Å². The van der Waals surface area contributed by atoms with E-state index in [9.17, 15) is 8.78 Å². The van der Waals surface area contributed by atoms with Gasteiger partial charge in [0.1, 0.15) is 0 Å². The zero-order chi connectivity index (χ0) is 15.2. The molecule has 0 aliphatic rings. The van der Waals surface area contributed by atoms with Crippen molar-refractivity contribution in [3.63, 3.8) is 0 Å². The van der Waals surface area contributed by atoms with Gasteiger partial charge in [0, 0.05) is 33.4 Å². The van der Waals surface area contributed by atoms with Gasteiger partial charge in [-0.05, 0) is 11.8 Å². The van der Waals surface area contributed by atoms with Gasteiger partial charge in [0.2, 0.25) is 0 Å². The molecular weight excluding hydrogens is 302 g/mol. The van der Waals surface area contributed by atoms with E-state index in [0.29, 0.717) is 12.0 Å². The van der Waals surface area contributed by atoms with Gasteiger partial charge >= 0.3 is 0 Å². The molecular formula is C18H27F2Ti-. The van der Waals surface area contributed by atoms with Crippen LogP contribution in [0.5, 0.6) is 0 Å². The van der Waals surface area contributed by atoms with Crippen molar-refractivity contribution in [2.75, 3.05) is 0 Å². The minimum Gasteiger partial charge on any atom is -0.236 e. The molecule has 0 amide bonds. The van der Waals surface area contributed by atoms with Gasteiger partial charge in [-0.1, -0.05) is 66.2 Å². The number of unbranched alkanes of at least 4 members (excludes halogenated alkanes) is 3. The monoisotopic (exact) mass is 329 g/mol. The predicted molar refractivity (Wildman–Crippen MR) is 80.8 cm³/mol. The fourth-order valence-corrected chi connectivity index (χ4v) is 2.39. The van der Waals surface area contributed by atoms with E-state index in [4.69, 9.17) is 0 Å². The Labute approximate surface area is 143 Å². The molecule has 0 nitrogen and oxygen atoms in total. The predicted octanol–water partition coefficient (Wildman–Crippen LogP) is 5.86. The van der Waals surface area contributed by atoms with Gasteiger partial charge in [-0.25, -0.2) is 8.78 Å². The summed E-state index contributed by atoms with van der Waals surface area (Å²) in [4.78, 5) is 0. The number of hydrogen-bond acceptors (Lipinski definition) is 0. The number of hydrogen-bond donors (Lipinski definition) is 0. The molecule has 1 aromatic rings. The van der Waals surface area contributed by atoms with Gasteiger partial charge in [0.15, 0.2) is 0 Å². The molecule has 1 aromatic carbocycles.